The van der Waals surface area contributed by atoms with Gasteiger partial charge >= 0.3 is 0 Å². The third-order valence-electron chi connectivity index (χ3n) is 4.36. The van der Waals surface area contributed by atoms with Crippen LogP contribution in [-0.2, 0) is 7.05 Å². The maximum Gasteiger partial charge on any atom is 0.227 e. The monoisotopic (exact) mass is 415 g/mol. The van der Waals surface area contributed by atoms with Gasteiger partial charge in [0.2, 0.25) is 5.12 Å². The molecule has 0 bridgehead atoms. The largest absolute Gasteiger partial charge is 0.483 e. The molecule has 1 aromatic heterocycles. The summed E-state index contributed by atoms with van der Waals surface area (Å²) >= 11 is 6.90. The summed E-state index contributed by atoms with van der Waals surface area (Å²) in [6, 6.07) is 14.8. The average Bonchev–Trinajstić information content (AvgIpc) is 3.03. The van der Waals surface area contributed by atoms with Crippen molar-refractivity contribution in [2.45, 2.75) is 37.9 Å². The molecule has 0 N–H and O–H groups in total. The molecule has 3 aromatic rings. The number of carbonyl (C=O) groups is 1. The van der Waals surface area contributed by atoms with Crippen molar-refractivity contribution < 1.29 is 9.53 Å². The highest BCUT2D eigenvalue weighted by molar-refractivity contribution is 8.14. The Morgan fingerprint density at radius 3 is 2.29 bits per heavy atom. The van der Waals surface area contributed by atoms with Gasteiger partial charge in [0.25, 0.3) is 0 Å². The number of ether oxygens (including phenoxy) is 1. The third kappa shape index (κ3) is 4.75. The summed E-state index contributed by atoms with van der Waals surface area (Å²) < 4.78 is 7.78. The van der Waals surface area contributed by atoms with E-state index in [1.165, 1.54) is 5.56 Å². The number of hydrogen-bond donors (Lipinski definition) is 0. The van der Waals surface area contributed by atoms with Crippen molar-refractivity contribution in [2.75, 3.05) is 0 Å². The molecule has 0 aliphatic rings. The first-order chi connectivity index (χ1) is 13.3. The summed E-state index contributed by atoms with van der Waals surface area (Å²) in [7, 11) is 1.83. The Balaban J connectivity index is 1.69. The lowest BCUT2D eigenvalue weighted by Crippen LogP contribution is -2.10. The Kier molecular flexibility index (Phi) is 6.42. The maximum atomic E-state index is 12.4. The average molecular weight is 416 g/mol. The van der Waals surface area contributed by atoms with Crippen LogP contribution in [0.3, 0.4) is 0 Å². The Morgan fingerprint density at radius 1 is 1.04 bits per heavy atom. The van der Waals surface area contributed by atoms with Crippen LogP contribution in [0.1, 0.15) is 54.5 Å². The molecule has 146 valence electrons. The number of thioether (sulfide) groups is 1. The van der Waals surface area contributed by atoms with Crippen molar-refractivity contribution in [3.05, 3.63) is 70.5 Å². The fraction of sp³-hybridized carbons (Fsp3) is 0.286. The Bertz CT molecular complexity index is 953. The van der Waals surface area contributed by atoms with E-state index in [1.807, 2.05) is 26.1 Å². The number of halogens is 1. The Labute approximate surface area is 174 Å². The van der Waals surface area contributed by atoms with Crippen molar-refractivity contribution in [2.24, 2.45) is 7.05 Å². The highest BCUT2D eigenvalue weighted by Crippen LogP contribution is 2.27. The standard InChI is InChI=1S/C21H22ClN3O2S/c1-13(2)15-7-11-18(12-8-15)27-14(3)19-23-24-21(25(19)4)28-20(26)16-5-9-17(22)10-6-16/h5-14H,1-4H3/t14-/m1/s1. The quantitative estimate of drug-likeness (QED) is 0.486. The molecule has 0 saturated carbocycles. The zero-order chi connectivity index (χ0) is 20.3. The van der Waals surface area contributed by atoms with E-state index in [9.17, 15) is 4.79 Å². The van der Waals surface area contributed by atoms with Gasteiger partial charge in [-0.2, -0.15) is 0 Å². The molecule has 0 radical (unpaired) electrons. The van der Waals surface area contributed by atoms with E-state index >= 15 is 0 Å². The summed E-state index contributed by atoms with van der Waals surface area (Å²) in [5, 5.41) is 9.35. The van der Waals surface area contributed by atoms with E-state index in [4.69, 9.17) is 16.3 Å². The van der Waals surface area contributed by atoms with E-state index in [0.29, 0.717) is 27.5 Å². The van der Waals surface area contributed by atoms with Gasteiger partial charge < -0.3 is 9.30 Å². The van der Waals surface area contributed by atoms with Gasteiger partial charge in [0.05, 0.1) is 0 Å². The normalized spacial score (nSPS) is 12.2. The molecule has 3 rings (SSSR count). The molecule has 0 saturated heterocycles. The first-order valence-corrected chi connectivity index (χ1v) is 10.2. The molecule has 0 amide bonds. The van der Waals surface area contributed by atoms with Crippen LogP contribution in [0.4, 0.5) is 0 Å². The SMILES string of the molecule is CC(C)c1ccc(O[C@H](C)c2nnc(SC(=O)c3ccc(Cl)cc3)n2C)cc1. The van der Waals surface area contributed by atoms with Crippen LogP contribution in [0.5, 0.6) is 5.75 Å². The van der Waals surface area contributed by atoms with Crippen molar-refractivity contribution in [3.63, 3.8) is 0 Å². The Morgan fingerprint density at radius 2 is 1.68 bits per heavy atom. The third-order valence-corrected chi connectivity index (χ3v) is 5.57. The van der Waals surface area contributed by atoms with Gasteiger partial charge in [-0.1, -0.05) is 37.6 Å². The van der Waals surface area contributed by atoms with Crippen molar-refractivity contribution in [1.82, 2.24) is 14.8 Å². The highest BCUT2D eigenvalue weighted by Gasteiger charge is 2.20. The molecule has 0 unspecified atom stereocenters. The first-order valence-electron chi connectivity index (χ1n) is 8.98. The minimum atomic E-state index is -0.303. The molecule has 1 atom stereocenters. The fourth-order valence-corrected chi connectivity index (χ4v) is 3.54. The van der Waals surface area contributed by atoms with E-state index in [2.05, 4.69) is 36.2 Å². The minimum Gasteiger partial charge on any atom is -0.483 e. The highest BCUT2D eigenvalue weighted by atomic mass is 35.5. The van der Waals surface area contributed by atoms with Crippen LogP contribution in [0.15, 0.2) is 53.7 Å². The molecular formula is C21H22ClN3O2S. The smallest absolute Gasteiger partial charge is 0.227 e. The molecule has 7 heteroatoms. The number of nitrogens with zero attached hydrogens (tertiary/aromatic N) is 3. The van der Waals surface area contributed by atoms with E-state index in [0.717, 1.165) is 17.5 Å². The molecule has 2 aromatic carbocycles. The summed E-state index contributed by atoms with van der Waals surface area (Å²) in [6.45, 7) is 6.22. The van der Waals surface area contributed by atoms with Crippen LogP contribution in [-0.4, -0.2) is 19.9 Å². The molecule has 5 nitrogen and oxygen atoms in total. The van der Waals surface area contributed by atoms with Crippen LogP contribution in [0.2, 0.25) is 5.02 Å². The molecular weight excluding hydrogens is 394 g/mol. The second-order valence-corrected chi connectivity index (χ2v) is 8.16. The van der Waals surface area contributed by atoms with Gasteiger partial charge in [-0.05, 0) is 66.6 Å². The summed E-state index contributed by atoms with van der Waals surface area (Å²) in [6.07, 6.45) is -0.303. The molecule has 28 heavy (non-hydrogen) atoms. The fourth-order valence-electron chi connectivity index (χ4n) is 2.68. The van der Waals surface area contributed by atoms with Crippen molar-refractivity contribution in [1.29, 1.82) is 0 Å². The van der Waals surface area contributed by atoms with Gasteiger partial charge in [-0.3, -0.25) is 4.79 Å². The lowest BCUT2D eigenvalue weighted by atomic mass is 10.0. The lowest BCUT2D eigenvalue weighted by molar-refractivity contribution is 0.108. The number of hydrogen-bond acceptors (Lipinski definition) is 5. The zero-order valence-electron chi connectivity index (χ0n) is 16.2. The second kappa shape index (κ2) is 8.80. The number of rotatable bonds is 6. The minimum absolute atomic E-state index is 0.114. The van der Waals surface area contributed by atoms with Crippen LogP contribution in [0.25, 0.3) is 0 Å². The first kappa shape index (κ1) is 20.4. The number of carbonyl (C=O) groups excluding carboxylic acids is 1. The van der Waals surface area contributed by atoms with Gasteiger partial charge in [0.15, 0.2) is 17.1 Å². The maximum absolute atomic E-state index is 12.4. The Hall–Kier alpha value is -2.31. The second-order valence-electron chi connectivity index (χ2n) is 6.78. The van der Waals surface area contributed by atoms with E-state index < -0.39 is 0 Å². The zero-order valence-corrected chi connectivity index (χ0v) is 17.8. The van der Waals surface area contributed by atoms with E-state index in [-0.39, 0.29) is 11.2 Å². The van der Waals surface area contributed by atoms with Gasteiger partial charge in [0, 0.05) is 17.6 Å². The summed E-state index contributed by atoms with van der Waals surface area (Å²) in [4.78, 5) is 12.4. The van der Waals surface area contributed by atoms with Crippen LogP contribution < -0.4 is 4.74 Å². The van der Waals surface area contributed by atoms with Gasteiger partial charge in [-0.25, -0.2) is 0 Å². The molecule has 1 heterocycles. The van der Waals surface area contributed by atoms with Gasteiger partial charge in [-0.15, -0.1) is 10.2 Å². The molecule has 0 aliphatic heterocycles. The number of benzene rings is 2. The molecule has 0 spiro atoms. The van der Waals surface area contributed by atoms with Crippen molar-refractivity contribution >= 4 is 28.5 Å². The summed E-state index contributed by atoms with van der Waals surface area (Å²) in [5.74, 6) is 1.90. The predicted molar refractivity (Wildman–Crippen MR) is 112 cm³/mol. The molecule has 0 fully saturated rings. The lowest BCUT2D eigenvalue weighted by Gasteiger charge is -2.15. The van der Waals surface area contributed by atoms with Gasteiger partial charge in [0.1, 0.15) is 5.75 Å². The van der Waals surface area contributed by atoms with Crippen LogP contribution >= 0.6 is 23.4 Å². The predicted octanol–water partition coefficient (Wildman–Crippen LogP) is 5.66. The summed E-state index contributed by atoms with van der Waals surface area (Å²) in [5.41, 5.74) is 1.83. The van der Waals surface area contributed by atoms with E-state index in [1.54, 1.807) is 28.8 Å². The molecule has 0 aliphatic carbocycles. The topological polar surface area (TPSA) is 57.0 Å². The number of aromatic nitrogens is 3. The van der Waals surface area contributed by atoms with Crippen molar-refractivity contribution in [3.8, 4) is 5.75 Å². The van der Waals surface area contributed by atoms with Crippen LogP contribution in [0, 0.1) is 0 Å².